The van der Waals surface area contributed by atoms with Gasteiger partial charge in [0.15, 0.2) is 5.82 Å². The summed E-state index contributed by atoms with van der Waals surface area (Å²) in [6.07, 6.45) is 5.66. The molecule has 0 aliphatic rings. The lowest BCUT2D eigenvalue weighted by Crippen LogP contribution is -2.22. The van der Waals surface area contributed by atoms with Crippen LogP contribution in [0.1, 0.15) is 32.2 Å². The van der Waals surface area contributed by atoms with Gasteiger partial charge in [-0.3, -0.25) is 9.36 Å². The van der Waals surface area contributed by atoms with Crippen LogP contribution in [0, 0.1) is 0 Å². The van der Waals surface area contributed by atoms with Gasteiger partial charge in [-0.2, -0.15) is 10.2 Å². The summed E-state index contributed by atoms with van der Waals surface area (Å²) in [5, 5.41) is 11.9. The molecule has 0 saturated heterocycles. The summed E-state index contributed by atoms with van der Waals surface area (Å²) in [5.41, 5.74) is 1.20. The fraction of sp³-hybridized carbons (Fsp3) is 0.583. The zero-order chi connectivity index (χ0) is 13.2. The average Bonchev–Trinajstić information content (AvgIpc) is 2.87. The molecule has 2 heterocycles. The van der Waals surface area contributed by atoms with E-state index in [-0.39, 0.29) is 5.54 Å². The zero-order valence-corrected chi connectivity index (χ0v) is 11.4. The Morgan fingerprint density at radius 2 is 2.06 bits per heavy atom. The van der Waals surface area contributed by atoms with Crippen LogP contribution >= 0.6 is 0 Å². The quantitative estimate of drug-likeness (QED) is 0.878. The summed E-state index contributed by atoms with van der Waals surface area (Å²) in [6, 6.07) is 0. The number of aromatic nitrogens is 5. The zero-order valence-electron chi connectivity index (χ0n) is 11.4. The molecule has 0 atom stereocenters. The molecule has 2 aromatic rings. The van der Waals surface area contributed by atoms with Crippen LogP contribution in [-0.4, -0.2) is 24.5 Å². The number of rotatable bonds is 4. The van der Waals surface area contributed by atoms with Crippen molar-refractivity contribution in [2.75, 3.05) is 0 Å². The molecule has 0 saturated carbocycles. The average molecular weight is 248 g/mol. The van der Waals surface area contributed by atoms with E-state index in [2.05, 4.69) is 47.5 Å². The second kappa shape index (κ2) is 4.89. The lowest BCUT2D eigenvalue weighted by Gasteiger charge is -2.18. The van der Waals surface area contributed by atoms with Gasteiger partial charge in [-0.15, -0.1) is 0 Å². The smallest absolute Gasteiger partial charge is 0.164 e. The number of nitrogens with zero attached hydrogens (tertiary/aromatic N) is 5. The van der Waals surface area contributed by atoms with Gasteiger partial charge in [-0.05, 0) is 20.8 Å². The van der Waals surface area contributed by atoms with Crippen molar-refractivity contribution in [2.45, 2.75) is 39.4 Å². The van der Waals surface area contributed by atoms with Gasteiger partial charge in [0.2, 0.25) is 0 Å². The first kappa shape index (κ1) is 12.8. The van der Waals surface area contributed by atoms with E-state index >= 15 is 0 Å². The minimum Gasteiger partial charge on any atom is -0.306 e. The van der Waals surface area contributed by atoms with E-state index in [9.17, 15) is 0 Å². The summed E-state index contributed by atoms with van der Waals surface area (Å²) in [7, 11) is 1.86. The Morgan fingerprint density at radius 3 is 2.61 bits per heavy atom. The van der Waals surface area contributed by atoms with E-state index < -0.39 is 0 Å². The number of nitrogens with one attached hydrogen (secondary N) is 1. The van der Waals surface area contributed by atoms with Crippen molar-refractivity contribution >= 4 is 0 Å². The molecule has 6 nitrogen and oxygen atoms in total. The number of aryl methyl sites for hydroxylation is 1. The second-order valence-corrected chi connectivity index (χ2v) is 5.40. The van der Waals surface area contributed by atoms with Gasteiger partial charge in [-0.25, -0.2) is 4.98 Å². The van der Waals surface area contributed by atoms with Crippen molar-refractivity contribution < 1.29 is 0 Å². The number of hydrogen-bond donors (Lipinski definition) is 1. The molecular formula is C12H20N6. The maximum Gasteiger partial charge on any atom is 0.164 e. The molecule has 0 spiro atoms. The third kappa shape index (κ3) is 3.16. The fourth-order valence-corrected chi connectivity index (χ4v) is 1.60. The van der Waals surface area contributed by atoms with Gasteiger partial charge < -0.3 is 5.32 Å². The van der Waals surface area contributed by atoms with Crippen LogP contribution < -0.4 is 5.32 Å². The van der Waals surface area contributed by atoms with Crippen LogP contribution in [0.5, 0.6) is 0 Å². The van der Waals surface area contributed by atoms with E-state index in [1.807, 2.05) is 17.9 Å². The van der Waals surface area contributed by atoms with Crippen molar-refractivity contribution in [1.29, 1.82) is 0 Å². The molecule has 0 fully saturated rings. The van der Waals surface area contributed by atoms with Crippen LogP contribution in [0.3, 0.4) is 0 Å². The highest BCUT2D eigenvalue weighted by atomic mass is 15.3. The molecule has 0 unspecified atom stereocenters. The lowest BCUT2D eigenvalue weighted by molar-refractivity contribution is 0.355. The first-order valence-corrected chi connectivity index (χ1v) is 6.04. The first-order valence-electron chi connectivity index (χ1n) is 6.04. The van der Waals surface area contributed by atoms with Crippen LogP contribution in [0.25, 0.3) is 0 Å². The molecule has 0 aliphatic carbocycles. The van der Waals surface area contributed by atoms with Crippen molar-refractivity contribution in [3.63, 3.8) is 0 Å². The summed E-state index contributed by atoms with van der Waals surface area (Å²) in [6.45, 7) is 7.84. The molecule has 0 amide bonds. The maximum atomic E-state index is 4.36. The Morgan fingerprint density at radius 1 is 1.28 bits per heavy atom. The van der Waals surface area contributed by atoms with E-state index in [0.29, 0.717) is 6.54 Å². The highest BCUT2D eigenvalue weighted by molar-refractivity contribution is 5.05. The molecule has 6 heteroatoms. The Balaban J connectivity index is 1.85. The minimum atomic E-state index is 0.0286. The summed E-state index contributed by atoms with van der Waals surface area (Å²) in [5.74, 6) is 0.806. The monoisotopic (exact) mass is 248 g/mol. The Bertz CT molecular complexity index is 505. The van der Waals surface area contributed by atoms with Gasteiger partial charge in [0.05, 0.1) is 18.3 Å². The van der Waals surface area contributed by atoms with E-state index in [0.717, 1.165) is 12.4 Å². The maximum absolute atomic E-state index is 4.36. The third-order valence-corrected chi connectivity index (χ3v) is 2.58. The second-order valence-electron chi connectivity index (χ2n) is 5.40. The molecule has 98 valence electrons. The Labute approximate surface area is 107 Å². The van der Waals surface area contributed by atoms with Gasteiger partial charge >= 0.3 is 0 Å². The number of hydrogen-bond acceptors (Lipinski definition) is 4. The summed E-state index contributed by atoms with van der Waals surface area (Å²) in [4.78, 5) is 4.16. The van der Waals surface area contributed by atoms with E-state index in [1.165, 1.54) is 5.56 Å². The molecule has 0 aromatic carbocycles. The van der Waals surface area contributed by atoms with Gasteiger partial charge in [0, 0.05) is 25.4 Å². The third-order valence-electron chi connectivity index (χ3n) is 2.58. The van der Waals surface area contributed by atoms with E-state index in [1.54, 1.807) is 11.0 Å². The molecule has 0 bridgehead atoms. The van der Waals surface area contributed by atoms with Gasteiger partial charge in [0.25, 0.3) is 0 Å². The predicted octanol–water partition coefficient (Wildman–Crippen LogP) is 1.06. The summed E-state index contributed by atoms with van der Waals surface area (Å²) < 4.78 is 3.68. The van der Waals surface area contributed by atoms with Crippen LogP contribution in [0.4, 0.5) is 0 Å². The molecule has 2 aromatic heterocycles. The van der Waals surface area contributed by atoms with Crippen molar-refractivity contribution in [3.05, 3.63) is 30.1 Å². The SMILES string of the molecule is Cn1cnc(CNCc2cnn(C(C)(C)C)c2)n1. The lowest BCUT2D eigenvalue weighted by atomic mass is 10.1. The largest absolute Gasteiger partial charge is 0.306 e. The molecule has 0 aliphatic heterocycles. The van der Waals surface area contributed by atoms with Crippen molar-refractivity contribution in [1.82, 2.24) is 29.9 Å². The normalized spacial score (nSPS) is 12.0. The Kier molecular flexibility index (Phi) is 3.47. The molecule has 0 radical (unpaired) electrons. The van der Waals surface area contributed by atoms with Gasteiger partial charge in [0.1, 0.15) is 6.33 Å². The van der Waals surface area contributed by atoms with E-state index in [4.69, 9.17) is 0 Å². The Hall–Kier alpha value is -1.69. The van der Waals surface area contributed by atoms with Crippen LogP contribution in [0.2, 0.25) is 0 Å². The molecule has 18 heavy (non-hydrogen) atoms. The van der Waals surface area contributed by atoms with Gasteiger partial charge in [-0.1, -0.05) is 0 Å². The van der Waals surface area contributed by atoms with Crippen LogP contribution in [0.15, 0.2) is 18.7 Å². The summed E-state index contributed by atoms with van der Waals surface area (Å²) >= 11 is 0. The van der Waals surface area contributed by atoms with Crippen LogP contribution in [-0.2, 0) is 25.7 Å². The predicted molar refractivity (Wildman–Crippen MR) is 68.8 cm³/mol. The van der Waals surface area contributed by atoms with Crippen molar-refractivity contribution in [3.8, 4) is 0 Å². The first-order chi connectivity index (χ1) is 8.45. The fourth-order valence-electron chi connectivity index (χ4n) is 1.60. The molecular weight excluding hydrogens is 228 g/mol. The molecule has 1 N–H and O–H groups in total. The highest BCUT2D eigenvalue weighted by Crippen LogP contribution is 2.12. The topological polar surface area (TPSA) is 60.6 Å². The standard InChI is InChI=1S/C12H20N6/c1-12(2,3)18-8-10(6-15-18)5-13-7-11-14-9-17(4)16-11/h6,8-9,13H,5,7H2,1-4H3. The van der Waals surface area contributed by atoms with Crippen molar-refractivity contribution in [2.24, 2.45) is 7.05 Å². The minimum absolute atomic E-state index is 0.0286. The highest BCUT2D eigenvalue weighted by Gasteiger charge is 2.13. The molecule has 2 rings (SSSR count).